The van der Waals surface area contributed by atoms with Crippen LogP contribution in [0.15, 0.2) is 53.6 Å². The van der Waals surface area contributed by atoms with Crippen LogP contribution in [0.2, 0.25) is 0 Å². The highest BCUT2D eigenvalue weighted by atomic mass is 32.2. The van der Waals surface area contributed by atoms with Crippen LogP contribution in [0.4, 0.5) is 5.69 Å². The number of carbonyl (C=O) groups is 1. The quantitative estimate of drug-likeness (QED) is 0.487. The molecular weight excluding hydrogens is 464 g/mol. The first kappa shape index (κ1) is 24.8. The number of anilines is 1. The molecule has 1 N–H and O–H groups in total. The maximum absolute atomic E-state index is 13.6. The van der Waals surface area contributed by atoms with E-state index in [9.17, 15) is 13.2 Å². The molecule has 0 unspecified atom stereocenters. The molecule has 0 bridgehead atoms. The van der Waals surface area contributed by atoms with Crippen LogP contribution in [-0.2, 0) is 34.3 Å². The standard InChI is InChI=1S/C26H32N4O4S/c1-19-7-12-24(16-20(19)2)35(32,33)30(22-8-10-23(34-3)11-9-22)15-13-26(31)27-17-21-18-29-14-5-4-6-25(29)28-21/h7-12,16,18H,4-6,13-15,17H2,1-3H3,(H,27,31). The van der Waals surface area contributed by atoms with Gasteiger partial charge >= 0.3 is 0 Å². The first-order valence-electron chi connectivity index (χ1n) is 11.8. The summed E-state index contributed by atoms with van der Waals surface area (Å²) in [6.45, 7) is 5.11. The van der Waals surface area contributed by atoms with Crippen molar-refractivity contribution in [2.45, 2.75) is 57.5 Å². The van der Waals surface area contributed by atoms with Gasteiger partial charge in [-0.05, 0) is 74.2 Å². The lowest BCUT2D eigenvalue weighted by Crippen LogP contribution is -2.35. The monoisotopic (exact) mass is 496 g/mol. The number of rotatable bonds is 9. The highest BCUT2D eigenvalue weighted by Crippen LogP contribution is 2.27. The van der Waals surface area contributed by atoms with Crippen LogP contribution in [0.3, 0.4) is 0 Å². The topological polar surface area (TPSA) is 93.5 Å². The predicted molar refractivity (Wildman–Crippen MR) is 135 cm³/mol. The van der Waals surface area contributed by atoms with Crippen molar-refractivity contribution in [1.29, 1.82) is 0 Å². The van der Waals surface area contributed by atoms with E-state index >= 15 is 0 Å². The fraction of sp³-hybridized carbons (Fsp3) is 0.385. The Hall–Kier alpha value is -3.33. The number of nitrogens with one attached hydrogen (secondary N) is 1. The normalized spacial score (nSPS) is 13.2. The Morgan fingerprint density at radius 2 is 1.89 bits per heavy atom. The molecule has 186 valence electrons. The van der Waals surface area contributed by atoms with Crippen molar-refractivity contribution in [2.75, 3.05) is 18.0 Å². The Morgan fingerprint density at radius 1 is 1.11 bits per heavy atom. The van der Waals surface area contributed by atoms with Crippen molar-refractivity contribution in [3.63, 3.8) is 0 Å². The van der Waals surface area contributed by atoms with Gasteiger partial charge in [0.1, 0.15) is 11.6 Å². The minimum Gasteiger partial charge on any atom is -0.497 e. The average molecular weight is 497 g/mol. The lowest BCUT2D eigenvalue weighted by molar-refractivity contribution is -0.121. The molecule has 0 atom stereocenters. The number of imidazole rings is 1. The first-order chi connectivity index (χ1) is 16.8. The van der Waals surface area contributed by atoms with Crippen LogP contribution in [0.25, 0.3) is 0 Å². The molecule has 0 saturated heterocycles. The summed E-state index contributed by atoms with van der Waals surface area (Å²) in [5, 5.41) is 2.88. The Labute approximate surface area is 207 Å². The Bertz CT molecular complexity index is 1280. The lowest BCUT2D eigenvalue weighted by Gasteiger charge is -2.25. The summed E-state index contributed by atoms with van der Waals surface area (Å²) in [5.74, 6) is 1.45. The van der Waals surface area contributed by atoms with Crippen LogP contribution in [0, 0.1) is 13.8 Å². The van der Waals surface area contributed by atoms with Gasteiger partial charge in [0.2, 0.25) is 5.91 Å². The molecule has 1 aliphatic heterocycles. The second-order valence-corrected chi connectivity index (χ2v) is 10.7. The third-order valence-electron chi connectivity index (χ3n) is 6.39. The maximum Gasteiger partial charge on any atom is 0.264 e. The van der Waals surface area contributed by atoms with E-state index in [4.69, 9.17) is 4.74 Å². The molecule has 0 radical (unpaired) electrons. The number of nitrogens with zero attached hydrogens (tertiary/aromatic N) is 3. The summed E-state index contributed by atoms with van der Waals surface area (Å²) >= 11 is 0. The molecule has 35 heavy (non-hydrogen) atoms. The van der Waals surface area contributed by atoms with Crippen LogP contribution in [0.5, 0.6) is 5.75 Å². The van der Waals surface area contributed by atoms with E-state index in [0.29, 0.717) is 18.0 Å². The van der Waals surface area contributed by atoms with E-state index < -0.39 is 10.0 Å². The molecule has 3 aromatic rings. The zero-order valence-corrected chi connectivity index (χ0v) is 21.3. The summed E-state index contributed by atoms with van der Waals surface area (Å²) in [6, 6.07) is 11.9. The van der Waals surface area contributed by atoms with Crippen LogP contribution in [0.1, 0.15) is 41.9 Å². The van der Waals surface area contributed by atoms with Crippen molar-refractivity contribution < 1.29 is 17.9 Å². The molecule has 0 fully saturated rings. The number of hydrogen-bond donors (Lipinski definition) is 1. The highest BCUT2D eigenvalue weighted by Gasteiger charge is 2.26. The second-order valence-electron chi connectivity index (χ2n) is 8.85. The number of carbonyl (C=O) groups excluding carboxylic acids is 1. The van der Waals surface area contributed by atoms with E-state index in [-0.39, 0.29) is 23.8 Å². The molecular formula is C26H32N4O4S. The summed E-state index contributed by atoms with van der Waals surface area (Å²) in [4.78, 5) is 17.5. The lowest BCUT2D eigenvalue weighted by atomic mass is 10.1. The van der Waals surface area contributed by atoms with E-state index in [2.05, 4.69) is 14.9 Å². The molecule has 0 aliphatic carbocycles. The van der Waals surface area contributed by atoms with Crippen molar-refractivity contribution in [1.82, 2.24) is 14.9 Å². The van der Waals surface area contributed by atoms with E-state index in [1.54, 1.807) is 49.6 Å². The van der Waals surface area contributed by atoms with Gasteiger partial charge in [-0.15, -0.1) is 0 Å². The van der Waals surface area contributed by atoms with E-state index in [0.717, 1.165) is 48.5 Å². The van der Waals surface area contributed by atoms with Crippen molar-refractivity contribution in [2.24, 2.45) is 0 Å². The van der Waals surface area contributed by atoms with Gasteiger partial charge in [0.15, 0.2) is 0 Å². The number of methoxy groups -OCH3 is 1. The Kier molecular flexibility index (Phi) is 7.45. The highest BCUT2D eigenvalue weighted by molar-refractivity contribution is 7.92. The number of benzene rings is 2. The molecule has 8 nitrogen and oxygen atoms in total. The van der Waals surface area contributed by atoms with Crippen LogP contribution in [-0.4, -0.2) is 37.5 Å². The largest absolute Gasteiger partial charge is 0.497 e. The number of aryl methyl sites for hydroxylation is 4. The number of sulfonamides is 1. The Morgan fingerprint density at radius 3 is 2.57 bits per heavy atom. The van der Waals surface area contributed by atoms with Crippen molar-refractivity contribution >= 4 is 21.6 Å². The zero-order chi connectivity index (χ0) is 25.0. The SMILES string of the molecule is COc1ccc(N(CCC(=O)NCc2cn3c(n2)CCCC3)S(=O)(=O)c2ccc(C)c(C)c2)cc1. The minimum atomic E-state index is -3.88. The number of hydrogen-bond acceptors (Lipinski definition) is 5. The van der Waals surface area contributed by atoms with Gasteiger partial charge in [-0.2, -0.15) is 0 Å². The molecule has 0 saturated carbocycles. The van der Waals surface area contributed by atoms with Gasteiger partial charge < -0.3 is 14.6 Å². The van der Waals surface area contributed by atoms with Gasteiger partial charge in [0, 0.05) is 32.1 Å². The number of aromatic nitrogens is 2. The third kappa shape index (κ3) is 5.67. The van der Waals surface area contributed by atoms with Gasteiger partial charge in [0.25, 0.3) is 10.0 Å². The molecule has 0 spiro atoms. The van der Waals surface area contributed by atoms with Crippen LogP contribution >= 0.6 is 0 Å². The number of ether oxygens (including phenoxy) is 1. The second kappa shape index (κ2) is 10.5. The third-order valence-corrected chi connectivity index (χ3v) is 8.22. The van der Waals surface area contributed by atoms with Gasteiger partial charge in [-0.3, -0.25) is 9.10 Å². The molecule has 1 aliphatic rings. The average Bonchev–Trinajstić information content (AvgIpc) is 3.28. The van der Waals surface area contributed by atoms with Crippen molar-refractivity contribution in [3.05, 3.63) is 71.3 Å². The van der Waals surface area contributed by atoms with E-state index in [1.807, 2.05) is 20.0 Å². The fourth-order valence-corrected chi connectivity index (χ4v) is 5.73. The molecule has 1 aromatic heterocycles. The molecule has 4 rings (SSSR count). The summed E-state index contributed by atoms with van der Waals surface area (Å²) < 4.78 is 35.8. The summed E-state index contributed by atoms with van der Waals surface area (Å²) in [5.41, 5.74) is 3.20. The number of fused-ring (bicyclic) bond motifs is 1. The summed E-state index contributed by atoms with van der Waals surface area (Å²) in [6.07, 6.45) is 5.25. The van der Waals surface area contributed by atoms with Gasteiger partial charge in [-0.1, -0.05) is 6.07 Å². The number of amides is 1. The molecule has 9 heteroatoms. The van der Waals surface area contributed by atoms with Crippen LogP contribution < -0.4 is 14.4 Å². The van der Waals surface area contributed by atoms with E-state index in [1.165, 1.54) is 4.31 Å². The minimum absolute atomic E-state index is 0.00705. The Balaban J connectivity index is 1.49. The molecule has 2 aromatic carbocycles. The van der Waals surface area contributed by atoms with Crippen molar-refractivity contribution in [3.8, 4) is 5.75 Å². The van der Waals surface area contributed by atoms with Gasteiger partial charge in [-0.25, -0.2) is 13.4 Å². The smallest absolute Gasteiger partial charge is 0.264 e. The molecule has 1 amide bonds. The first-order valence-corrected chi connectivity index (χ1v) is 13.3. The fourth-order valence-electron chi connectivity index (χ4n) is 4.18. The predicted octanol–water partition coefficient (Wildman–Crippen LogP) is 3.75. The van der Waals surface area contributed by atoms with Gasteiger partial charge in [0.05, 0.1) is 29.9 Å². The molecule has 2 heterocycles. The zero-order valence-electron chi connectivity index (χ0n) is 20.5. The maximum atomic E-state index is 13.6. The summed E-state index contributed by atoms with van der Waals surface area (Å²) in [7, 11) is -2.33.